The van der Waals surface area contributed by atoms with Gasteiger partial charge in [-0.2, -0.15) is 13.2 Å². The van der Waals surface area contributed by atoms with Crippen LogP contribution in [0, 0.1) is 16.7 Å². The van der Waals surface area contributed by atoms with Crippen LogP contribution in [0.1, 0.15) is 79.1 Å². The fraction of sp³-hybridized carbons (Fsp3) is 0.857. The maximum absolute atomic E-state index is 12.9. The van der Waals surface area contributed by atoms with Crippen molar-refractivity contribution in [3.05, 3.63) is 0 Å². The number of esters is 2. The van der Waals surface area contributed by atoms with Crippen molar-refractivity contribution in [2.24, 2.45) is 16.7 Å². The molecule has 0 aromatic heterocycles. The second-order valence-electron chi connectivity index (χ2n) is 10.3. The molecular formula is C21H29F3O5. The van der Waals surface area contributed by atoms with Crippen molar-refractivity contribution in [2.45, 2.75) is 96.4 Å². The molecule has 8 heteroatoms. The summed E-state index contributed by atoms with van der Waals surface area (Å²) in [7, 11) is 0. The van der Waals surface area contributed by atoms with Gasteiger partial charge in [-0.1, -0.05) is 6.92 Å². The zero-order chi connectivity index (χ0) is 21.9. The first kappa shape index (κ1) is 22.1. The van der Waals surface area contributed by atoms with Gasteiger partial charge in [-0.25, -0.2) is 4.79 Å². The van der Waals surface area contributed by atoms with E-state index in [2.05, 4.69) is 0 Å². The van der Waals surface area contributed by atoms with Crippen molar-refractivity contribution >= 4 is 17.7 Å². The minimum atomic E-state index is -5.09. The first-order valence-electron chi connectivity index (χ1n) is 10.2. The molecule has 0 aromatic carbocycles. The number of ketones is 1. The summed E-state index contributed by atoms with van der Waals surface area (Å²) in [5, 5.41) is 0. The topological polar surface area (TPSA) is 69.7 Å². The number of hydrogen-bond acceptors (Lipinski definition) is 5. The van der Waals surface area contributed by atoms with Crippen molar-refractivity contribution in [1.29, 1.82) is 0 Å². The Labute approximate surface area is 168 Å². The normalized spacial score (nSPS) is 36.0. The van der Waals surface area contributed by atoms with E-state index in [4.69, 9.17) is 9.47 Å². The third kappa shape index (κ3) is 4.17. The number of carbonyl (C=O) groups is 3. The fourth-order valence-electron chi connectivity index (χ4n) is 6.14. The van der Waals surface area contributed by atoms with Crippen LogP contribution in [-0.2, 0) is 23.9 Å². The molecule has 4 unspecified atom stereocenters. The molecule has 4 atom stereocenters. The minimum Gasteiger partial charge on any atom is -0.458 e. The molecule has 4 rings (SSSR count). The third-order valence-corrected chi connectivity index (χ3v) is 6.99. The zero-order valence-corrected chi connectivity index (χ0v) is 17.4. The number of halogens is 3. The van der Waals surface area contributed by atoms with E-state index in [0.29, 0.717) is 32.1 Å². The van der Waals surface area contributed by atoms with E-state index >= 15 is 0 Å². The average Bonchev–Trinajstić information content (AvgIpc) is 2.50. The highest BCUT2D eigenvalue weighted by atomic mass is 19.4. The van der Waals surface area contributed by atoms with Crippen molar-refractivity contribution < 1.29 is 37.0 Å². The van der Waals surface area contributed by atoms with E-state index in [-0.39, 0.29) is 31.0 Å². The van der Waals surface area contributed by atoms with Gasteiger partial charge in [0.1, 0.15) is 17.0 Å². The fourth-order valence-corrected chi connectivity index (χ4v) is 6.14. The highest BCUT2D eigenvalue weighted by Crippen LogP contribution is 2.66. The molecule has 0 amide bonds. The highest BCUT2D eigenvalue weighted by molar-refractivity contribution is 5.78. The molecule has 0 heterocycles. The van der Waals surface area contributed by atoms with Gasteiger partial charge in [-0.3, -0.25) is 4.79 Å². The van der Waals surface area contributed by atoms with Crippen molar-refractivity contribution in [3.8, 4) is 0 Å². The van der Waals surface area contributed by atoms with Crippen molar-refractivity contribution in [1.82, 2.24) is 0 Å². The monoisotopic (exact) mass is 418 g/mol. The number of ether oxygens (including phenoxy) is 2. The maximum Gasteiger partial charge on any atom is 0.490 e. The molecule has 4 aliphatic carbocycles. The summed E-state index contributed by atoms with van der Waals surface area (Å²) >= 11 is 0. The number of hydrogen-bond donors (Lipinski definition) is 0. The molecule has 4 aliphatic rings. The van der Waals surface area contributed by atoms with Gasteiger partial charge in [0.05, 0.1) is 5.41 Å². The maximum atomic E-state index is 12.9. The van der Waals surface area contributed by atoms with Gasteiger partial charge >= 0.3 is 18.1 Å². The Morgan fingerprint density at radius 1 is 0.931 bits per heavy atom. The molecular weight excluding hydrogens is 389 g/mol. The first-order valence-corrected chi connectivity index (χ1v) is 10.2. The van der Waals surface area contributed by atoms with Gasteiger partial charge < -0.3 is 14.3 Å². The second-order valence-corrected chi connectivity index (χ2v) is 10.3. The van der Waals surface area contributed by atoms with Crippen LogP contribution in [0.5, 0.6) is 0 Å². The molecule has 4 bridgehead atoms. The molecule has 0 N–H and O–H groups in total. The summed E-state index contributed by atoms with van der Waals surface area (Å²) in [4.78, 5) is 36.5. The van der Waals surface area contributed by atoms with E-state index < -0.39 is 40.1 Å². The van der Waals surface area contributed by atoms with Gasteiger partial charge in [-0.15, -0.1) is 0 Å². The Balaban J connectivity index is 1.95. The summed E-state index contributed by atoms with van der Waals surface area (Å²) in [6.07, 6.45) is -2.15. The molecule has 29 heavy (non-hydrogen) atoms. The lowest BCUT2D eigenvalue weighted by atomic mass is 9.45. The lowest BCUT2D eigenvalue weighted by molar-refractivity contribution is -0.268. The van der Waals surface area contributed by atoms with Gasteiger partial charge in [0, 0.05) is 12.8 Å². The average molecular weight is 418 g/mol. The van der Waals surface area contributed by atoms with E-state index in [0.717, 1.165) is 0 Å². The van der Waals surface area contributed by atoms with Gasteiger partial charge in [0.25, 0.3) is 0 Å². The molecule has 0 saturated heterocycles. The Bertz CT molecular complexity index is 730. The molecule has 0 aliphatic heterocycles. The molecule has 4 saturated carbocycles. The Morgan fingerprint density at radius 2 is 1.45 bits per heavy atom. The largest absolute Gasteiger partial charge is 0.490 e. The second kappa shape index (κ2) is 6.71. The SMILES string of the molecule is CCC(C)(C)C(=O)OC12CC3CC(CC(C)=O)(CC(OC(=O)C(F)(F)F)(C3)C1)C2. The summed E-state index contributed by atoms with van der Waals surface area (Å²) in [6.45, 7) is 6.85. The van der Waals surface area contributed by atoms with Gasteiger partial charge in [0.15, 0.2) is 0 Å². The number of Topliss-reactive ketones (excluding diaryl/α,β-unsaturated/α-hetero) is 1. The number of rotatable bonds is 6. The quantitative estimate of drug-likeness (QED) is 0.594. The van der Waals surface area contributed by atoms with Gasteiger partial charge in [-0.05, 0) is 70.6 Å². The van der Waals surface area contributed by atoms with Gasteiger partial charge in [0.2, 0.25) is 0 Å². The Hall–Kier alpha value is -1.60. The molecule has 4 fully saturated rings. The standard InChI is InChI=1S/C21H29F3O5/c1-5-17(3,4)15(26)28-19-8-14-7-18(10-19,6-13(2)25)11-20(9-14,12-19)29-16(27)21(22,23)24/h14H,5-12H2,1-4H3. The van der Waals surface area contributed by atoms with Crippen LogP contribution in [-0.4, -0.2) is 35.1 Å². The van der Waals surface area contributed by atoms with Crippen LogP contribution in [0.2, 0.25) is 0 Å². The highest BCUT2D eigenvalue weighted by Gasteiger charge is 2.67. The first-order chi connectivity index (χ1) is 13.1. The lowest BCUT2D eigenvalue weighted by Gasteiger charge is -2.65. The van der Waals surface area contributed by atoms with E-state index in [1.807, 2.05) is 6.92 Å². The Kier molecular flexibility index (Phi) is 5.11. The minimum absolute atomic E-state index is 0.0517. The molecule has 164 valence electrons. The third-order valence-electron chi connectivity index (χ3n) is 6.99. The predicted molar refractivity (Wildman–Crippen MR) is 96.7 cm³/mol. The van der Waals surface area contributed by atoms with E-state index in [9.17, 15) is 27.6 Å². The molecule has 0 radical (unpaired) electrons. The van der Waals surface area contributed by atoms with Crippen LogP contribution < -0.4 is 0 Å². The zero-order valence-electron chi connectivity index (χ0n) is 17.4. The molecule has 0 spiro atoms. The predicted octanol–water partition coefficient (Wildman–Crippen LogP) is 4.51. The summed E-state index contributed by atoms with van der Waals surface area (Å²) in [5.74, 6) is -2.74. The van der Waals surface area contributed by atoms with Crippen molar-refractivity contribution in [2.75, 3.05) is 0 Å². The van der Waals surface area contributed by atoms with Crippen LogP contribution in [0.15, 0.2) is 0 Å². The summed E-state index contributed by atoms with van der Waals surface area (Å²) in [6, 6.07) is 0. The van der Waals surface area contributed by atoms with E-state index in [1.165, 1.54) is 6.92 Å². The lowest BCUT2D eigenvalue weighted by Crippen LogP contribution is -2.66. The van der Waals surface area contributed by atoms with Crippen LogP contribution in [0.4, 0.5) is 13.2 Å². The summed E-state index contributed by atoms with van der Waals surface area (Å²) < 4.78 is 49.9. The summed E-state index contributed by atoms with van der Waals surface area (Å²) in [5.41, 5.74) is -3.68. The number of carbonyl (C=O) groups excluding carboxylic acids is 3. The smallest absolute Gasteiger partial charge is 0.458 e. The Morgan fingerprint density at radius 3 is 1.90 bits per heavy atom. The van der Waals surface area contributed by atoms with Crippen LogP contribution in [0.3, 0.4) is 0 Å². The van der Waals surface area contributed by atoms with Crippen LogP contribution >= 0.6 is 0 Å². The van der Waals surface area contributed by atoms with E-state index in [1.54, 1.807) is 13.8 Å². The van der Waals surface area contributed by atoms with Crippen LogP contribution in [0.25, 0.3) is 0 Å². The number of alkyl halides is 3. The molecule has 0 aromatic rings. The van der Waals surface area contributed by atoms with Crippen molar-refractivity contribution in [3.63, 3.8) is 0 Å². The molecule has 5 nitrogen and oxygen atoms in total.